The van der Waals surface area contributed by atoms with Crippen LogP contribution in [0.4, 0.5) is 5.13 Å². The van der Waals surface area contributed by atoms with Crippen LogP contribution < -0.4 is 4.90 Å². The van der Waals surface area contributed by atoms with E-state index in [0.29, 0.717) is 30.3 Å². The van der Waals surface area contributed by atoms with Crippen LogP contribution in [0.1, 0.15) is 35.3 Å². The number of aryl methyl sites for hydroxylation is 3. The number of benzene rings is 2. The van der Waals surface area contributed by atoms with Crippen molar-refractivity contribution >= 4 is 42.6 Å². The maximum atomic E-state index is 14.0. The van der Waals surface area contributed by atoms with Gasteiger partial charge in [0.2, 0.25) is 15.9 Å². The highest BCUT2D eigenvalue weighted by molar-refractivity contribution is 7.89. The molecule has 0 aliphatic carbocycles. The van der Waals surface area contributed by atoms with Gasteiger partial charge in [0.1, 0.15) is 11.8 Å². The van der Waals surface area contributed by atoms with Crippen LogP contribution in [0, 0.1) is 20.8 Å². The molecule has 5 rings (SSSR count). The topological polar surface area (TPSA) is 83.7 Å². The molecule has 1 amide bonds. The molecule has 4 aromatic rings. The van der Waals surface area contributed by atoms with Crippen LogP contribution in [0.25, 0.3) is 10.2 Å². The van der Waals surface area contributed by atoms with Gasteiger partial charge in [0.15, 0.2) is 5.13 Å². The second-order valence-electron chi connectivity index (χ2n) is 9.02. The van der Waals surface area contributed by atoms with Crippen molar-refractivity contribution in [3.05, 3.63) is 77.2 Å². The number of carbonyl (C=O) groups excluding carboxylic acids is 1. The number of rotatable bonds is 6. The molecule has 0 saturated carbocycles. The molecular formula is C26H27N3O4S2. The second kappa shape index (κ2) is 9.22. The van der Waals surface area contributed by atoms with Gasteiger partial charge in [-0.3, -0.25) is 9.69 Å². The fourth-order valence-electron chi connectivity index (χ4n) is 4.58. The molecule has 1 unspecified atom stereocenters. The molecule has 35 heavy (non-hydrogen) atoms. The van der Waals surface area contributed by atoms with Crippen molar-refractivity contribution < 1.29 is 17.6 Å². The highest BCUT2D eigenvalue weighted by atomic mass is 32.2. The summed E-state index contributed by atoms with van der Waals surface area (Å²) in [6.45, 7) is 6.44. The number of hydrogen-bond acceptors (Lipinski definition) is 6. The fraction of sp³-hybridized carbons (Fsp3) is 0.308. The largest absolute Gasteiger partial charge is 0.467 e. The molecule has 0 bridgehead atoms. The molecule has 0 N–H and O–H groups in total. The van der Waals surface area contributed by atoms with E-state index in [2.05, 4.69) is 6.07 Å². The van der Waals surface area contributed by atoms with Gasteiger partial charge in [-0.2, -0.15) is 4.31 Å². The van der Waals surface area contributed by atoms with Crippen LogP contribution in [0.15, 0.2) is 64.1 Å². The summed E-state index contributed by atoms with van der Waals surface area (Å²) in [6.07, 6.45) is 2.64. The number of aromatic nitrogens is 1. The molecular weight excluding hydrogens is 482 g/mol. The van der Waals surface area contributed by atoms with E-state index in [1.165, 1.54) is 15.6 Å². The van der Waals surface area contributed by atoms with Gasteiger partial charge in [0, 0.05) is 6.54 Å². The quantitative estimate of drug-likeness (QED) is 0.357. The molecule has 1 aliphatic rings. The number of carbonyl (C=O) groups is 1. The van der Waals surface area contributed by atoms with Gasteiger partial charge >= 0.3 is 0 Å². The first-order valence-electron chi connectivity index (χ1n) is 11.5. The first kappa shape index (κ1) is 23.7. The highest BCUT2D eigenvalue weighted by Gasteiger charge is 2.42. The van der Waals surface area contributed by atoms with Crippen molar-refractivity contribution in [1.82, 2.24) is 9.29 Å². The summed E-state index contributed by atoms with van der Waals surface area (Å²) < 4.78 is 34.9. The lowest BCUT2D eigenvalue weighted by molar-refractivity contribution is -0.121. The predicted molar refractivity (Wildman–Crippen MR) is 137 cm³/mol. The van der Waals surface area contributed by atoms with Crippen LogP contribution in [-0.2, 0) is 21.4 Å². The zero-order valence-electron chi connectivity index (χ0n) is 19.9. The third-order valence-electron chi connectivity index (χ3n) is 6.32. The van der Waals surface area contributed by atoms with Gasteiger partial charge in [-0.05, 0) is 75.1 Å². The van der Waals surface area contributed by atoms with Crippen molar-refractivity contribution in [3.63, 3.8) is 0 Å². The summed E-state index contributed by atoms with van der Waals surface area (Å²) in [7, 11) is -3.82. The number of thiazole rings is 1. The van der Waals surface area contributed by atoms with Gasteiger partial charge in [-0.15, -0.1) is 0 Å². The van der Waals surface area contributed by atoms with Crippen molar-refractivity contribution in [2.45, 2.75) is 51.1 Å². The smallest absolute Gasteiger partial charge is 0.247 e. The van der Waals surface area contributed by atoms with Gasteiger partial charge in [-0.25, -0.2) is 13.4 Å². The SMILES string of the molecule is Cc1ccc(S(=O)(=O)N2CCCC2C(=O)N(Cc2ccco2)c2nc3cc(C)cc(C)c3s2)cc1. The maximum absolute atomic E-state index is 14.0. The Balaban J connectivity index is 1.53. The van der Waals surface area contributed by atoms with E-state index in [-0.39, 0.29) is 17.3 Å². The lowest BCUT2D eigenvalue weighted by atomic mass is 10.1. The van der Waals surface area contributed by atoms with Crippen molar-refractivity contribution in [1.29, 1.82) is 0 Å². The van der Waals surface area contributed by atoms with Gasteiger partial charge in [0.05, 0.1) is 27.9 Å². The van der Waals surface area contributed by atoms with E-state index in [0.717, 1.165) is 26.9 Å². The number of hydrogen-bond donors (Lipinski definition) is 0. The Morgan fingerprint density at radius 3 is 2.63 bits per heavy atom. The first-order valence-corrected chi connectivity index (χ1v) is 13.8. The molecule has 2 aromatic heterocycles. The monoisotopic (exact) mass is 509 g/mol. The number of nitrogens with zero attached hydrogens (tertiary/aromatic N) is 3. The third kappa shape index (κ3) is 4.51. The van der Waals surface area contributed by atoms with Crippen molar-refractivity contribution in [3.8, 4) is 0 Å². The Morgan fingerprint density at radius 2 is 1.91 bits per heavy atom. The molecule has 1 fully saturated rings. The average molecular weight is 510 g/mol. The van der Waals surface area contributed by atoms with Crippen molar-refractivity contribution in [2.75, 3.05) is 11.4 Å². The van der Waals surface area contributed by atoms with E-state index in [1.54, 1.807) is 47.6 Å². The Kier molecular flexibility index (Phi) is 6.25. The second-order valence-corrected chi connectivity index (χ2v) is 11.9. The van der Waals surface area contributed by atoms with Gasteiger partial charge in [-0.1, -0.05) is 35.1 Å². The molecule has 1 saturated heterocycles. The Labute approximate surface area is 209 Å². The molecule has 9 heteroatoms. The minimum atomic E-state index is -3.82. The maximum Gasteiger partial charge on any atom is 0.247 e. The summed E-state index contributed by atoms with van der Waals surface area (Å²) in [5.41, 5.74) is 4.00. The van der Waals surface area contributed by atoms with Gasteiger partial charge < -0.3 is 4.42 Å². The molecule has 0 spiro atoms. The minimum absolute atomic E-state index is 0.179. The standard InChI is InChI=1S/C26H27N3O4S2/c1-17-8-10-21(11-9-17)35(31,32)29-12-4-7-23(29)25(30)28(16-20-6-5-13-33-20)26-27-22-15-18(2)14-19(3)24(22)34-26/h5-6,8-11,13-15,23H,4,7,12,16H2,1-3H3. The van der Waals surface area contributed by atoms with Crippen LogP contribution in [0.5, 0.6) is 0 Å². The van der Waals surface area contributed by atoms with Crippen LogP contribution in [0.3, 0.4) is 0 Å². The molecule has 0 radical (unpaired) electrons. The fourth-order valence-corrected chi connectivity index (χ4v) is 7.25. The van der Waals surface area contributed by atoms with E-state index >= 15 is 0 Å². The summed E-state index contributed by atoms with van der Waals surface area (Å²) in [5, 5.41) is 0.537. The Morgan fingerprint density at radius 1 is 1.14 bits per heavy atom. The van der Waals surface area contributed by atoms with E-state index in [9.17, 15) is 13.2 Å². The summed E-state index contributed by atoms with van der Waals surface area (Å²) in [6, 6.07) is 13.6. The summed E-state index contributed by atoms with van der Waals surface area (Å²) in [4.78, 5) is 20.5. The summed E-state index contributed by atoms with van der Waals surface area (Å²) >= 11 is 1.44. The zero-order chi connectivity index (χ0) is 24.7. The van der Waals surface area contributed by atoms with Crippen LogP contribution >= 0.6 is 11.3 Å². The lowest BCUT2D eigenvalue weighted by Crippen LogP contribution is -2.47. The molecule has 1 atom stereocenters. The lowest BCUT2D eigenvalue weighted by Gasteiger charge is -2.28. The third-order valence-corrected chi connectivity index (χ3v) is 9.47. The highest BCUT2D eigenvalue weighted by Crippen LogP contribution is 2.35. The Hall–Kier alpha value is -3.01. The van der Waals surface area contributed by atoms with Crippen LogP contribution in [0.2, 0.25) is 0 Å². The van der Waals surface area contributed by atoms with E-state index in [1.807, 2.05) is 26.8 Å². The van der Waals surface area contributed by atoms with Gasteiger partial charge in [0.25, 0.3) is 0 Å². The molecule has 3 heterocycles. The Bertz CT molecular complexity index is 1480. The average Bonchev–Trinajstić information content (AvgIpc) is 3.57. The summed E-state index contributed by atoms with van der Waals surface area (Å²) in [5.74, 6) is 0.319. The molecule has 7 nitrogen and oxygen atoms in total. The molecule has 182 valence electrons. The molecule has 2 aromatic carbocycles. The number of sulfonamides is 1. The van der Waals surface area contributed by atoms with E-state index in [4.69, 9.17) is 9.40 Å². The number of anilines is 1. The normalized spacial score (nSPS) is 16.7. The molecule has 1 aliphatic heterocycles. The predicted octanol–water partition coefficient (Wildman–Crippen LogP) is 5.20. The first-order chi connectivity index (χ1) is 16.7. The number of amides is 1. The zero-order valence-corrected chi connectivity index (χ0v) is 21.5. The minimum Gasteiger partial charge on any atom is -0.467 e. The number of fused-ring (bicyclic) bond motifs is 1. The number of furan rings is 1. The van der Waals surface area contributed by atoms with Crippen molar-refractivity contribution in [2.24, 2.45) is 0 Å². The van der Waals surface area contributed by atoms with Crippen LogP contribution in [-0.4, -0.2) is 36.2 Å². The van der Waals surface area contributed by atoms with E-state index < -0.39 is 16.1 Å².